The van der Waals surface area contributed by atoms with Gasteiger partial charge >= 0.3 is 5.97 Å². The molecule has 2 aliphatic rings. The minimum atomic E-state index is -1.70. The maximum absolute atomic E-state index is 12.6. The van der Waals surface area contributed by atoms with Crippen molar-refractivity contribution in [3.63, 3.8) is 0 Å². The van der Waals surface area contributed by atoms with E-state index in [1.807, 2.05) is 0 Å². The second-order valence-electron chi connectivity index (χ2n) is 13.4. The molecule has 0 spiro atoms. The van der Waals surface area contributed by atoms with Crippen LogP contribution in [0.15, 0.2) is 0 Å². The molecular formula is C35H66O14. The van der Waals surface area contributed by atoms with E-state index >= 15 is 0 Å². The van der Waals surface area contributed by atoms with Crippen molar-refractivity contribution in [1.29, 1.82) is 0 Å². The summed E-state index contributed by atoms with van der Waals surface area (Å²) in [5.74, 6) is -0.394. The van der Waals surface area contributed by atoms with Crippen LogP contribution in [0.25, 0.3) is 0 Å². The largest absolute Gasteiger partial charge is 0.457 e. The number of rotatable bonds is 27. The Labute approximate surface area is 292 Å². The van der Waals surface area contributed by atoms with Crippen LogP contribution in [0.2, 0.25) is 0 Å². The van der Waals surface area contributed by atoms with Gasteiger partial charge in [0.05, 0.1) is 26.4 Å². The highest BCUT2D eigenvalue weighted by Gasteiger charge is 2.47. The number of hydrogen-bond acceptors (Lipinski definition) is 14. The van der Waals surface area contributed by atoms with Gasteiger partial charge in [-0.05, 0) is 12.8 Å². The van der Waals surface area contributed by atoms with Gasteiger partial charge in [0.2, 0.25) is 0 Å². The maximum Gasteiger partial charge on any atom is 0.306 e. The maximum atomic E-state index is 12.6. The summed E-state index contributed by atoms with van der Waals surface area (Å²) < 4.78 is 33.7. The number of hydrogen-bond donors (Lipinski definition) is 7. The monoisotopic (exact) mass is 710 g/mol. The topological polar surface area (TPSA) is 214 Å². The van der Waals surface area contributed by atoms with E-state index in [4.69, 9.17) is 28.4 Å². The van der Waals surface area contributed by atoms with Gasteiger partial charge in [-0.25, -0.2) is 0 Å². The summed E-state index contributed by atoms with van der Waals surface area (Å²) in [6, 6.07) is 0. The SMILES string of the molecule is CCCCCCCCCCCCCOCC(COC1OC(COC2OC(CO)C(O)C(O)C2O)C(O)C(O)C1O)OC(=O)CCCCCC. The first-order chi connectivity index (χ1) is 23.6. The first-order valence-electron chi connectivity index (χ1n) is 18.6. The Morgan fingerprint density at radius 3 is 1.65 bits per heavy atom. The van der Waals surface area contributed by atoms with Crippen molar-refractivity contribution in [3.8, 4) is 0 Å². The molecule has 14 heteroatoms. The van der Waals surface area contributed by atoms with Crippen molar-refractivity contribution in [2.75, 3.05) is 33.0 Å². The molecule has 0 aromatic carbocycles. The molecule has 11 atom stereocenters. The van der Waals surface area contributed by atoms with Crippen LogP contribution >= 0.6 is 0 Å². The van der Waals surface area contributed by atoms with Gasteiger partial charge < -0.3 is 64.2 Å². The fraction of sp³-hybridized carbons (Fsp3) is 0.971. The van der Waals surface area contributed by atoms with E-state index in [2.05, 4.69) is 13.8 Å². The van der Waals surface area contributed by atoms with E-state index in [0.717, 1.165) is 38.5 Å². The number of ether oxygens (including phenoxy) is 6. The van der Waals surface area contributed by atoms with E-state index in [1.165, 1.54) is 51.4 Å². The highest BCUT2D eigenvalue weighted by atomic mass is 16.7. The van der Waals surface area contributed by atoms with E-state index in [1.54, 1.807) is 0 Å². The Bertz CT molecular complexity index is 834. The van der Waals surface area contributed by atoms with Crippen molar-refractivity contribution >= 4 is 5.97 Å². The molecule has 2 rings (SSSR count). The van der Waals surface area contributed by atoms with Crippen molar-refractivity contribution < 1.29 is 69.0 Å². The number of aliphatic hydroxyl groups excluding tert-OH is 7. The van der Waals surface area contributed by atoms with Crippen molar-refractivity contribution in [3.05, 3.63) is 0 Å². The number of carbonyl (C=O) groups excluding carboxylic acids is 1. The zero-order chi connectivity index (χ0) is 36.0. The lowest BCUT2D eigenvalue weighted by molar-refractivity contribution is -0.332. The van der Waals surface area contributed by atoms with Crippen LogP contribution in [-0.4, -0.2) is 142 Å². The predicted octanol–water partition coefficient (Wildman–Crippen LogP) is 1.84. The third kappa shape index (κ3) is 16.5. The van der Waals surface area contributed by atoms with Crippen LogP contribution in [0.4, 0.5) is 0 Å². The minimum absolute atomic E-state index is 0.0656. The van der Waals surface area contributed by atoms with Crippen LogP contribution in [0.3, 0.4) is 0 Å². The van der Waals surface area contributed by atoms with Crippen LogP contribution in [0.1, 0.15) is 117 Å². The molecule has 290 valence electrons. The molecule has 0 saturated carbocycles. The number of unbranched alkanes of at least 4 members (excludes halogenated alkanes) is 13. The molecular weight excluding hydrogens is 644 g/mol. The van der Waals surface area contributed by atoms with Crippen molar-refractivity contribution in [2.24, 2.45) is 0 Å². The molecule has 0 amide bonds. The molecule has 11 unspecified atom stereocenters. The molecule has 0 radical (unpaired) electrons. The lowest BCUT2D eigenvalue weighted by atomic mass is 9.98. The van der Waals surface area contributed by atoms with Gasteiger partial charge in [0.25, 0.3) is 0 Å². The molecule has 14 nitrogen and oxygen atoms in total. The lowest BCUT2D eigenvalue weighted by Gasteiger charge is -2.42. The average molecular weight is 711 g/mol. The van der Waals surface area contributed by atoms with Gasteiger partial charge in [0.15, 0.2) is 12.6 Å². The summed E-state index contributed by atoms with van der Waals surface area (Å²) in [5.41, 5.74) is 0. The average Bonchev–Trinajstić information content (AvgIpc) is 3.09. The van der Waals surface area contributed by atoms with Crippen molar-refractivity contribution in [1.82, 2.24) is 0 Å². The van der Waals surface area contributed by atoms with E-state index < -0.39 is 86.7 Å². The Morgan fingerprint density at radius 2 is 1.08 bits per heavy atom. The van der Waals surface area contributed by atoms with Crippen LogP contribution in [-0.2, 0) is 33.2 Å². The van der Waals surface area contributed by atoms with Crippen LogP contribution in [0.5, 0.6) is 0 Å². The van der Waals surface area contributed by atoms with E-state index in [9.17, 15) is 40.5 Å². The summed E-state index contributed by atoms with van der Waals surface area (Å²) in [7, 11) is 0. The fourth-order valence-electron chi connectivity index (χ4n) is 5.93. The second-order valence-corrected chi connectivity index (χ2v) is 13.4. The van der Waals surface area contributed by atoms with Crippen LogP contribution in [0, 0.1) is 0 Å². The minimum Gasteiger partial charge on any atom is -0.457 e. The first-order valence-corrected chi connectivity index (χ1v) is 18.6. The Balaban J connectivity index is 1.84. The molecule has 0 bridgehead atoms. The standard InChI is InChI=1S/C35H66O14/c1-3-5-7-9-10-11-12-13-14-15-17-19-44-21-24(47-27(37)18-16-8-6-4-2)22-45-34-33(43)31(41)29(39)26(49-34)23-46-35-32(42)30(40)28(38)25(20-36)48-35/h24-26,28-36,38-43H,3-23H2,1-2H3. The van der Waals surface area contributed by atoms with Gasteiger partial charge in [-0.2, -0.15) is 0 Å². The predicted molar refractivity (Wildman–Crippen MR) is 178 cm³/mol. The fourth-order valence-corrected chi connectivity index (χ4v) is 5.93. The molecule has 7 N–H and O–H groups in total. The molecule has 49 heavy (non-hydrogen) atoms. The molecule has 2 aliphatic heterocycles. The number of esters is 1. The third-order valence-corrected chi connectivity index (χ3v) is 9.12. The Kier molecular flexibility index (Phi) is 23.3. The first kappa shape index (κ1) is 44.2. The van der Waals surface area contributed by atoms with Gasteiger partial charge in [-0.3, -0.25) is 4.79 Å². The van der Waals surface area contributed by atoms with Gasteiger partial charge in [0.1, 0.15) is 54.9 Å². The molecule has 0 aromatic heterocycles. The lowest BCUT2D eigenvalue weighted by Crippen LogP contribution is -2.61. The van der Waals surface area contributed by atoms with E-state index in [0.29, 0.717) is 13.0 Å². The summed E-state index contributed by atoms with van der Waals surface area (Å²) >= 11 is 0. The zero-order valence-electron chi connectivity index (χ0n) is 29.7. The van der Waals surface area contributed by atoms with Gasteiger partial charge in [0, 0.05) is 13.0 Å². The van der Waals surface area contributed by atoms with Gasteiger partial charge in [-0.15, -0.1) is 0 Å². The summed E-state index contributed by atoms with van der Waals surface area (Å²) in [5, 5.41) is 71.2. The summed E-state index contributed by atoms with van der Waals surface area (Å²) in [6.07, 6.45) is 1.17. The highest BCUT2D eigenvalue weighted by molar-refractivity contribution is 5.69. The quantitative estimate of drug-likeness (QED) is 0.0479. The molecule has 2 heterocycles. The molecule has 2 saturated heterocycles. The van der Waals surface area contributed by atoms with Gasteiger partial charge in [-0.1, -0.05) is 97.3 Å². The smallest absolute Gasteiger partial charge is 0.306 e. The summed E-state index contributed by atoms with van der Waals surface area (Å²) in [4.78, 5) is 12.6. The number of aliphatic hydroxyl groups is 7. The van der Waals surface area contributed by atoms with E-state index in [-0.39, 0.29) is 19.6 Å². The summed E-state index contributed by atoms with van der Waals surface area (Å²) in [6.45, 7) is 3.52. The zero-order valence-corrected chi connectivity index (χ0v) is 29.7. The van der Waals surface area contributed by atoms with Crippen molar-refractivity contribution in [2.45, 2.75) is 184 Å². The Morgan fingerprint density at radius 1 is 0.592 bits per heavy atom. The third-order valence-electron chi connectivity index (χ3n) is 9.12. The second kappa shape index (κ2) is 25.9. The molecule has 0 aliphatic carbocycles. The normalized spacial score (nSPS) is 31.1. The Hall–Kier alpha value is -1.01. The molecule has 2 fully saturated rings. The van der Waals surface area contributed by atoms with Crippen LogP contribution < -0.4 is 0 Å². The number of carbonyl (C=O) groups is 1. The highest BCUT2D eigenvalue weighted by Crippen LogP contribution is 2.26. The molecule has 0 aromatic rings.